The van der Waals surface area contributed by atoms with Crippen molar-refractivity contribution in [2.75, 3.05) is 13.7 Å². The lowest BCUT2D eigenvalue weighted by Gasteiger charge is -2.10. The highest BCUT2D eigenvalue weighted by atomic mass is 35.5. The second kappa shape index (κ2) is 9.01. The lowest BCUT2D eigenvalue weighted by Crippen LogP contribution is -2.25. The molecule has 1 aromatic rings. The van der Waals surface area contributed by atoms with Crippen molar-refractivity contribution in [2.45, 2.75) is 13.8 Å². The van der Waals surface area contributed by atoms with Gasteiger partial charge in [0.1, 0.15) is 11.3 Å². The Bertz CT molecular complexity index is 703. The Hall–Kier alpha value is -1.63. The van der Waals surface area contributed by atoms with Crippen LogP contribution in [-0.2, 0) is 19.1 Å². The van der Waals surface area contributed by atoms with Gasteiger partial charge >= 0.3 is 11.9 Å². The molecule has 0 saturated carbocycles. The molecule has 0 bridgehead atoms. The van der Waals surface area contributed by atoms with Gasteiger partial charge in [-0.1, -0.05) is 34.8 Å². The van der Waals surface area contributed by atoms with Gasteiger partial charge in [0, 0.05) is 6.21 Å². The van der Waals surface area contributed by atoms with Gasteiger partial charge < -0.3 is 9.47 Å². The number of Topliss-reactive ketones (excluding diaryl/α,β-unsaturated/α-hetero) is 1. The average molecular weight is 395 g/mol. The summed E-state index contributed by atoms with van der Waals surface area (Å²) >= 11 is 18.0. The standard InChI is InChI=1S/C15H14Cl3NO5/c1-4-24-14(21)8(7(2)20)6-19-10-5-9(16)12(17)11(13(10)18)15(22)23-3/h5-6,8H,4H2,1-3H3. The molecular formula is C15H14Cl3NO5. The molecule has 1 aromatic carbocycles. The quantitative estimate of drug-likeness (QED) is 0.316. The molecule has 0 aliphatic carbocycles. The summed E-state index contributed by atoms with van der Waals surface area (Å²) in [5.41, 5.74) is -0.0991. The molecule has 0 aliphatic rings. The second-order valence-electron chi connectivity index (χ2n) is 4.49. The highest BCUT2D eigenvalue weighted by Gasteiger charge is 2.24. The van der Waals surface area contributed by atoms with Crippen LogP contribution in [0.15, 0.2) is 11.1 Å². The minimum Gasteiger partial charge on any atom is -0.465 e. The zero-order valence-corrected chi connectivity index (χ0v) is 15.3. The Labute approximate surface area is 153 Å². The van der Waals surface area contributed by atoms with Crippen LogP contribution >= 0.6 is 34.8 Å². The lowest BCUT2D eigenvalue weighted by atomic mass is 10.1. The van der Waals surface area contributed by atoms with Gasteiger partial charge in [-0.05, 0) is 19.9 Å². The fraction of sp³-hybridized carbons (Fsp3) is 0.333. The number of hydrogen-bond acceptors (Lipinski definition) is 6. The summed E-state index contributed by atoms with van der Waals surface area (Å²) in [6.07, 6.45) is 1.08. The summed E-state index contributed by atoms with van der Waals surface area (Å²) in [7, 11) is 1.16. The smallest absolute Gasteiger partial charge is 0.341 e. The van der Waals surface area contributed by atoms with Crippen molar-refractivity contribution >= 4 is 64.4 Å². The van der Waals surface area contributed by atoms with E-state index in [9.17, 15) is 14.4 Å². The first kappa shape index (κ1) is 20.4. The summed E-state index contributed by atoms with van der Waals surface area (Å²) < 4.78 is 9.40. The third-order valence-electron chi connectivity index (χ3n) is 2.87. The number of ether oxygens (including phenoxy) is 2. The van der Waals surface area contributed by atoms with E-state index in [1.54, 1.807) is 6.92 Å². The SMILES string of the molecule is CCOC(=O)C(C=Nc1cc(Cl)c(Cl)c(C(=O)OC)c1Cl)C(C)=O. The van der Waals surface area contributed by atoms with E-state index in [-0.39, 0.29) is 32.9 Å². The molecule has 1 atom stereocenters. The molecule has 1 rings (SSSR count). The Morgan fingerprint density at radius 3 is 2.38 bits per heavy atom. The van der Waals surface area contributed by atoms with Crippen LogP contribution in [0.2, 0.25) is 15.1 Å². The minimum atomic E-state index is -1.20. The van der Waals surface area contributed by atoms with Gasteiger partial charge in [0.05, 0.1) is 34.5 Å². The number of rotatable bonds is 6. The number of carbonyl (C=O) groups excluding carboxylic acids is 3. The van der Waals surface area contributed by atoms with Crippen molar-refractivity contribution in [2.24, 2.45) is 10.9 Å². The number of methoxy groups -OCH3 is 1. The van der Waals surface area contributed by atoms with Crippen LogP contribution in [0.4, 0.5) is 5.69 Å². The average Bonchev–Trinajstić information content (AvgIpc) is 2.52. The summed E-state index contributed by atoms with van der Waals surface area (Å²) in [4.78, 5) is 39.1. The summed E-state index contributed by atoms with van der Waals surface area (Å²) in [5.74, 6) is -3.19. The van der Waals surface area contributed by atoms with E-state index in [2.05, 4.69) is 9.73 Å². The maximum atomic E-state index is 11.8. The Balaban J connectivity index is 3.32. The van der Waals surface area contributed by atoms with Crippen molar-refractivity contribution in [1.82, 2.24) is 0 Å². The van der Waals surface area contributed by atoms with Crippen molar-refractivity contribution in [3.63, 3.8) is 0 Å². The van der Waals surface area contributed by atoms with Crippen LogP contribution in [0.3, 0.4) is 0 Å². The number of hydrogen-bond donors (Lipinski definition) is 0. The molecule has 6 nitrogen and oxygen atoms in total. The highest BCUT2D eigenvalue weighted by molar-refractivity contribution is 6.47. The van der Waals surface area contributed by atoms with Gasteiger partial charge in [0.2, 0.25) is 0 Å². The number of ketones is 1. The molecule has 0 radical (unpaired) electrons. The molecule has 0 amide bonds. The number of aliphatic imine (C=N–C) groups is 1. The molecule has 0 fully saturated rings. The van der Waals surface area contributed by atoms with E-state index < -0.39 is 23.6 Å². The van der Waals surface area contributed by atoms with Gasteiger partial charge in [-0.25, -0.2) is 4.79 Å². The molecule has 0 aromatic heterocycles. The van der Waals surface area contributed by atoms with E-state index in [4.69, 9.17) is 39.5 Å². The van der Waals surface area contributed by atoms with Crippen molar-refractivity contribution < 1.29 is 23.9 Å². The minimum absolute atomic E-state index is 0.0177. The first-order chi connectivity index (χ1) is 11.2. The van der Waals surface area contributed by atoms with Crippen molar-refractivity contribution in [3.8, 4) is 0 Å². The predicted molar refractivity (Wildman–Crippen MR) is 91.8 cm³/mol. The maximum Gasteiger partial charge on any atom is 0.341 e. The van der Waals surface area contributed by atoms with Gasteiger partial charge in [-0.3, -0.25) is 14.6 Å². The lowest BCUT2D eigenvalue weighted by molar-refractivity contribution is -0.148. The zero-order chi connectivity index (χ0) is 18.4. The fourth-order valence-electron chi connectivity index (χ4n) is 1.68. The van der Waals surface area contributed by atoms with Crippen molar-refractivity contribution in [3.05, 3.63) is 26.7 Å². The molecule has 9 heteroatoms. The van der Waals surface area contributed by atoms with E-state index in [0.29, 0.717) is 0 Å². The summed E-state index contributed by atoms with van der Waals surface area (Å²) in [6, 6.07) is 1.30. The van der Waals surface area contributed by atoms with Gasteiger partial charge in [0.25, 0.3) is 0 Å². The maximum absolute atomic E-state index is 11.8. The Kier molecular flexibility index (Phi) is 7.66. The normalized spacial score (nSPS) is 12.1. The number of benzene rings is 1. The monoisotopic (exact) mass is 393 g/mol. The first-order valence-corrected chi connectivity index (χ1v) is 7.85. The third kappa shape index (κ3) is 4.69. The van der Waals surface area contributed by atoms with E-state index in [1.165, 1.54) is 13.0 Å². The van der Waals surface area contributed by atoms with Crippen LogP contribution in [0.5, 0.6) is 0 Å². The number of nitrogens with zero attached hydrogens (tertiary/aromatic N) is 1. The molecular weight excluding hydrogens is 381 g/mol. The topological polar surface area (TPSA) is 82.0 Å². The van der Waals surface area contributed by atoms with Crippen LogP contribution in [0.25, 0.3) is 0 Å². The number of esters is 2. The molecule has 24 heavy (non-hydrogen) atoms. The molecule has 130 valence electrons. The number of halogens is 3. The van der Waals surface area contributed by atoms with Gasteiger partial charge in [-0.2, -0.15) is 0 Å². The first-order valence-electron chi connectivity index (χ1n) is 6.71. The van der Waals surface area contributed by atoms with E-state index in [1.807, 2.05) is 0 Å². The molecule has 0 heterocycles. The molecule has 0 aliphatic heterocycles. The van der Waals surface area contributed by atoms with Gasteiger partial charge in [-0.15, -0.1) is 0 Å². The second-order valence-corrected chi connectivity index (χ2v) is 5.65. The molecule has 0 saturated heterocycles. The van der Waals surface area contributed by atoms with Crippen molar-refractivity contribution in [1.29, 1.82) is 0 Å². The predicted octanol–water partition coefficient (Wildman–Crippen LogP) is 3.90. The van der Waals surface area contributed by atoms with E-state index in [0.717, 1.165) is 13.3 Å². The fourth-order valence-corrected chi connectivity index (χ4v) is 2.43. The summed E-state index contributed by atoms with van der Waals surface area (Å²) in [6.45, 7) is 2.96. The van der Waals surface area contributed by atoms with Crippen LogP contribution in [-0.4, -0.2) is 37.7 Å². The summed E-state index contributed by atoms with van der Waals surface area (Å²) in [5, 5.41) is -0.177. The van der Waals surface area contributed by atoms with Crippen LogP contribution in [0.1, 0.15) is 24.2 Å². The third-order valence-corrected chi connectivity index (χ3v) is 4.04. The molecule has 0 spiro atoms. The van der Waals surface area contributed by atoms with Crippen LogP contribution in [0, 0.1) is 5.92 Å². The largest absolute Gasteiger partial charge is 0.465 e. The Morgan fingerprint density at radius 2 is 1.88 bits per heavy atom. The Morgan fingerprint density at radius 1 is 1.25 bits per heavy atom. The molecule has 1 unspecified atom stereocenters. The van der Waals surface area contributed by atoms with Crippen LogP contribution < -0.4 is 0 Å². The zero-order valence-electron chi connectivity index (χ0n) is 13.1. The van der Waals surface area contributed by atoms with Gasteiger partial charge in [0.15, 0.2) is 5.92 Å². The van der Waals surface area contributed by atoms with E-state index >= 15 is 0 Å². The highest BCUT2D eigenvalue weighted by Crippen LogP contribution is 2.39. The number of carbonyl (C=O) groups is 3. The molecule has 0 N–H and O–H groups in total.